The van der Waals surface area contributed by atoms with E-state index in [1.807, 2.05) is 6.07 Å². The van der Waals surface area contributed by atoms with E-state index in [0.717, 1.165) is 0 Å². The molecule has 2 atom stereocenters. The lowest BCUT2D eigenvalue weighted by Crippen LogP contribution is -2.32. The Kier molecular flexibility index (Phi) is 5.10. The van der Waals surface area contributed by atoms with Gasteiger partial charge in [0.05, 0.1) is 0 Å². The Hall–Kier alpha value is -3.51. The van der Waals surface area contributed by atoms with E-state index in [9.17, 15) is 14.7 Å². The van der Waals surface area contributed by atoms with Crippen molar-refractivity contribution in [1.82, 2.24) is 0 Å². The molecular formula is C22H16ClNO5. The summed E-state index contributed by atoms with van der Waals surface area (Å²) in [6.07, 6.45) is -2.01. The third-order valence-electron chi connectivity index (χ3n) is 4.54. The van der Waals surface area contributed by atoms with Gasteiger partial charge in [0.2, 0.25) is 6.10 Å². The summed E-state index contributed by atoms with van der Waals surface area (Å²) in [6, 6.07) is 21.9. The molecule has 0 bridgehead atoms. The van der Waals surface area contributed by atoms with Gasteiger partial charge >= 0.3 is 12.1 Å². The van der Waals surface area contributed by atoms with Gasteiger partial charge in [-0.2, -0.15) is 0 Å². The molecule has 1 aliphatic rings. The van der Waals surface area contributed by atoms with Crippen LogP contribution in [0.15, 0.2) is 78.9 Å². The summed E-state index contributed by atoms with van der Waals surface area (Å²) in [5, 5.41) is 10.1. The monoisotopic (exact) mass is 409 g/mol. The second-order valence-electron chi connectivity index (χ2n) is 6.42. The van der Waals surface area contributed by atoms with Gasteiger partial charge in [0.25, 0.3) is 0 Å². The lowest BCUT2D eigenvalue weighted by molar-refractivity contribution is -0.145. The highest BCUT2D eigenvalue weighted by molar-refractivity contribution is 6.30. The minimum Gasteiger partial charge on any atom is -0.478 e. The van der Waals surface area contributed by atoms with Crippen molar-refractivity contribution in [1.29, 1.82) is 0 Å². The molecule has 3 aromatic rings. The van der Waals surface area contributed by atoms with Gasteiger partial charge in [-0.25, -0.2) is 9.59 Å². The minimum atomic E-state index is -1.30. The molecule has 1 amide bonds. The quantitative estimate of drug-likeness (QED) is 0.620. The zero-order chi connectivity index (χ0) is 20.4. The summed E-state index contributed by atoms with van der Waals surface area (Å²) in [7, 11) is 0. The smallest absolute Gasteiger partial charge is 0.415 e. The minimum absolute atomic E-state index is 0.510. The average Bonchev–Trinajstić information content (AvgIpc) is 3.08. The Balaban J connectivity index is 1.62. The van der Waals surface area contributed by atoms with Crippen molar-refractivity contribution in [2.45, 2.75) is 12.1 Å². The van der Waals surface area contributed by atoms with E-state index in [0.29, 0.717) is 27.8 Å². The van der Waals surface area contributed by atoms with Crippen LogP contribution in [0.2, 0.25) is 5.02 Å². The molecule has 2 unspecified atom stereocenters. The Morgan fingerprint density at radius 3 is 2.10 bits per heavy atom. The van der Waals surface area contributed by atoms with Gasteiger partial charge in [0.15, 0.2) is 0 Å². The van der Waals surface area contributed by atoms with Crippen LogP contribution in [0.1, 0.15) is 11.6 Å². The lowest BCUT2D eigenvalue weighted by atomic mass is 10.0. The van der Waals surface area contributed by atoms with Crippen molar-refractivity contribution < 1.29 is 24.2 Å². The Morgan fingerprint density at radius 2 is 1.52 bits per heavy atom. The number of carboxylic acids is 1. The number of amides is 1. The fourth-order valence-electron chi connectivity index (χ4n) is 3.22. The summed E-state index contributed by atoms with van der Waals surface area (Å²) >= 11 is 5.87. The maximum atomic E-state index is 12.5. The number of rotatable bonds is 5. The molecule has 1 fully saturated rings. The van der Waals surface area contributed by atoms with Crippen LogP contribution in [-0.2, 0) is 9.53 Å². The molecule has 1 saturated heterocycles. The Morgan fingerprint density at radius 1 is 0.931 bits per heavy atom. The second-order valence-corrected chi connectivity index (χ2v) is 6.85. The van der Waals surface area contributed by atoms with Crippen molar-refractivity contribution in [3.8, 4) is 11.5 Å². The summed E-state index contributed by atoms with van der Waals surface area (Å²) in [5.74, 6) is -0.0112. The van der Waals surface area contributed by atoms with E-state index in [-0.39, 0.29) is 0 Å². The SMILES string of the molecule is O=C(O)C1OC(=O)N(c2ccc(Oc3ccc(Cl)cc3)cc2)C1c1ccccc1. The van der Waals surface area contributed by atoms with Crippen LogP contribution >= 0.6 is 11.6 Å². The number of ether oxygens (including phenoxy) is 2. The van der Waals surface area contributed by atoms with Gasteiger partial charge in [0, 0.05) is 10.7 Å². The summed E-state index contributed by atoms with van der Waals surface area (Å²) < 4.78 is 10.9. The number of cyclic esters (lactones) is 1. The summed E-state index contributed by atoms with van der Waals surface area (Å²) in [6.45, 7) is 0. The van der Waals surface area contributed by atoms with E-state index in [4.69, 9.17) is 21.1 Å². The lowest BCUT2D eigenvalue weighted by Gasteiger charge is -2.23. The highest BCUT2D eigenvalue weighted by Gasteiger charge is 2.47. The second kappa shape index (κ2) is 7.85. The molecule has 0 aliphatic carbocycles. The molecule has 29 heavy (non-hydrogen) atoms. The van der Waals surface area contributed by atoms with Crippen LogP contribution in [0.3, 0.4) is 0 Å². The number of carbonyl (C=O) groups is 2. The molecule has 1 aliphatic heterocycles. The third kappa shape index (κ3) is 3.88. The maximum Gasteiger partial charge on any atom is 0.415 e. The van der Waals surface area contributed by atoms with Crippen molar-refractivity contribution in [3.63, 3.8) is 0 Å². The van der Waals surface area contributed by atoms with Gasteiger partial charge in [-0.15, -0.1) is 0 Å². The van der Waals surface area contributed by atoms with E-state index < -0.39 is 24.2 Å². The van der Waals surface area contributed by atoms with Gasteiger partial charge in [-0.1, -0.05) is 41.9 Å². The van der Waals surface area contributed by atoms with Crippen LogP contribution < -0.4 is 9.64 Å². The maximum absolute atomic E-state index is 12.5. The molecule has 0 spiro atoms. The molecule has 146 valence electrons. The topological polar surface area (TPSA) is 76.1 Å². The van der Waals surface area contributed by atoms with Gasteiger partial charge in [0.1, 0.15) is 17.5 Å². The number of hydrogen-bond acceptors (Lipinski definition) is 4. The van der Waals surface area contributed by atoms with Crippen molar-refractivity contribution >= 4 is 29.4 Å². The highest BCUT2D eigenvalue weighted by atomic mass is 35.5. The first kappa shape index (κ1) is 18.8. The number of carbonyl (C=O) groups excluding carboxylic acids is 1. The van der Waals surface area contributed by atoms with Crippen molar-refractivity contribution in [2.75, 3.05) is 4.90 Å². The molecule has 4 rings (SSSR count). The average molecular weight is 410 g/mol. The Bertz CT molecular complexity index is 1020. The van der Waals surface area contributed by atoms with Crippen molar-refractivity contribution in [2.24, 2.45) is 0 Å². The first-order valence-corrected chi connectivity index (χ1v) is 9.22. The first-order valence-electron chi connectivity index (χ1n) is 8.84. The number of hydrogen-bond donors (Lipinski definition) is 1. The number of anilines is 1. The van der Waals surface area contributed by atoms with Crippen molar-refractivity contribution in [3.05, 3.63) is 89.4 Å². The van der Waals surface area contributed by atoms with Crippen LogP contribution in [0, 0.1) is 0 Å². The van der Waals surface area contributed by atoms with E-state index in [1.165, 1.54) is 4.90 Å². The molecule has 0 aromatic heterocycles. The largest absolute Gasteiger partial charge is 0.478 e. The molecule has 1 heterocycles. The van der Waals surface area contributed by atoms with Crippen LogP contribution in [-0.4, -0.2) is 23.3 Å². The number of nitrogens with zero attached hydrogens (tertiary/aromatic N) is 1. The molecule has 0 saturated carbocycles. The van der Waals surface area contributed by atoms with E-state index >= 15 is 0 Å². The van der Waals surface area contributed by atoms with Crippen LogP contribution in [0.4, 0.5) is 10.5 Å². The molecular weight excluding hydrogens is 394 g/mol. The van der Waals surface area contributed by atoms with E-state index in [2.05, 4.69) is 0 Å². The number of halogens is 1. The van der Waals surface area contributed by atoms with Crippen LogP contribution in [0.25, 0.3) is 0 Å². The molecule has 1 N–H and O–H groups in total. The fraction of sp³-hybridized carbons (Fsp3) is 0.0909. The summed E-state index contributed by atoms with van der Waals surface area (Å²) in [4.78, 5) is 25.5. The zero-order valence-electron chi connectivity index (χ0n) is 15.1. The number of carboxylic acid groups (broad SMARTS) is 1. The summed E-state index contributed by atoms with van der Waals surface area (Å²) in [5.41, 5.74) is 1.18. The predicted octanol–water partition coefficient (Wildman–Crippen LogP) is 5.28. The number of aliphatic carboxylic acids is 1. The standard InChI is InChI=1S/C22H16ClNO5/c23-15-6-10-17(11-7-15)28-18-12-8-16(9-13-18)24-19(14-4-2-1-3-5-14)20(21(25)26)29-22(24)27/h1-13,19-20H,(H,25,26). The fourth-order valence-corrected chi connectivity index (χ4v) is 3.34. The molecule has 3 aromatic carbocycles. The highest BCUT2D eigenvalue weighted by Crippen LogP contribution is 2.38. The predicted molar refractivity (Wildman–Crippen MR) is 108 cm³/mol. The third-order valence-corrected chi connectivity index (χ3v) is 4.79. The molecule has 7 heteroatoms. The van der Waals surface area contributed by atoms with E-state index in [1.54, 1.807) is 72.8 Å². The number of benzene rings is 3. The molecule has 6 nitrogen and oxygen atoms in total. The van der Waals surface area contributed by atoms with Gasteiger partial charge < -0.3 is 14.6 Å². The normalized spacial score (nSPS) is 18.4. The molecule has 0 radical (unpaired) electrons. The first-order chi connectivity index (χ1) is 14.0. The van der Waals surface area contributed by atoms with Gasteiger partial charge in [-0.3, -0.25) is 4.90 Å². The zero-order valence-corrected chi connectivity index (χ0v) is 15.8. The Labute approximate surface area is 171 Å². The van der Waals surface area contributed by atoms with Crippen LogP contribution in [0.5, 0.6) is 11.5 Å². The van der Waals surface area contributed by atoms with Gasteiger partial charge in [-0.05, 0) is 54.1 Å².